The van der Waals surface area contributed by atoms with Crippen LogP contribution in [0.15, 0.2) is 36.4 Å². The molecule has 0 unspecified atom stereocenters. The summed E-state index contributed by atoms with van der Waals surface area (Å²) in [6.07, 6.45) is 2.68. The third-order valence-corrected chi connectivity index (χ3v) is 1.22. The van der Waals surface area contributed by atoms with Crippen molar-refractivity contribution < 1.29 is 27.3 Å². The first-order chi connectivity index (χ1) is 5.29. The molecule has 0 atom stereocenters. The van der Waals surface area contributed by atoms with Crippen LogP contribution in [0.4, 0.5) is 0 Å². The van der Waals surface area contributed by atoms with Crippen LogP contribution < -0.4 is 0 Å². The van der Waals surface area contributed by atoms with E-state index in [1.165, 1.54) is 0 Å². The Kier molecular flexibility index (Phi) is 5.11. The summed E-state index contributed by atoms with van der Waals surface area (Å²) in [5, 5.41) is 8.29. The molecule has 1 aromatic carbocycles. The number of rotatable bonds is 2. The van der Waals surface area contributed by atoms with Gasteiger partial charge >= 0.3 is 5.97 Å². The Morgan fingerprint density at radius 2 is 1.83 bits per heavy atom. The smallest absolute Gasteiger partial charge is 0.328 e. The van der Waals surface area contributed by atoms with E-state index < -0.39 is 5.97 Å². The second kappa shape index (κ2) is 5.59. The quantitative estimate of drug-likeness (QED) is 0.739. The van der Waals surface area contributed by atoms with Crippen LogP contribution in [0.2, 0.25) is 0 Å². The molecule has 0 saturated carbocycles. The number of aliphatic carboxylic acids is 1. The number of carboxylic acid groups (broad SMARTS) is 1. The van der Waals surface area contributed by atoms with E-state index in [0.29, 0.717) is 0 Å². The van der Waals surface area contributed by atoms with E-state index in [1.54, 1.807) is 6.08 Å². The second-order valence-electron chi connectivity index (χ2n) is 2.08. The first-order valence-electron chi connectivity index (χ1n) is 3.25. The molecule has 0 amide bonds. The molecule has 0 aliphatic rings. The van der Waals surface area contributed by atoms with Crippen molar-refractivity contribution in [2.75, 3.05) is 0 Å². The van der Waals surface area contributed by atoms with E-state index in [0.717, 1.165) is 11.6 Å². The van der Waals surface area contributed by atoms with Crippen LogP contribution in [0.1, 0.15) is 5.56 Å². The fourth-order valence-corrected chi connectivity index (χ4v) is 0.732. The maximum atomic E-state index is 10.1. The van der Waals surface area contributed by atoms with Crippen molar-refractivity contribution in [1.82, 2.24) is 0 Å². The summed E-state index contributed by atoms with van der Waals surface area (Å²) in [6, 6.07) is 9.31. The van der Waals surface area contributed by atoms with E-state index in [-0.39, 0.29) is 17.4 Å². The summed E-state index contributed by atoms with van der Waals surface area (Å²) in [6.45, 7) is 0. The summed E-state index contributed by atoms with van der Waals surface area (Å²) < 4.78 is 0. The zero-order valence-electron chi connectivity index (χ0n) is 6.31. The van der Waals surface area contributed by atoms with Gasteiger partial charge < -0.3 is 5.11 Å². The SMILES string of the molecule is O=C(O)/C=C/c1ccccc1.[Cr]. The first-order valence-corrected chi connectivity index (χ1v) is 3.25. The molecule has 0 bridgehead atoms. The molecule has 3 heteroatoms. The summed E-state index contributed by atoms with van der Waals surface area (Å²) >= 11 is 0. The van der Waals surface area contributed by atoms with Crippen LogP contribution in [0.3, 0.4) is 0 Å². The Balaban J connectivity index is 0.00000121. The zero-order valence-corrected chi connectivity index (χ0v) is 7.58. The predicted octanol–water partition coefficient (Wildman–Crippen LogP) is 1.78. The largest absolute Gasteiger partial charge is 0.478 e. The molecular formula is C9H8CrO2. The fraction of sp³-hybridized carbons (Fsp3) is 0. The Hall–Kier alpha value is -1.04. The maximum absolute atomic E-state index is 10.1. The molecule has 0 radical (unpaired) electrons. The van der Waals surface area contributed by atoms with Crippen LogP contribution in [-0.4, -0.2) is 11.1 Å². The van der Waals surface area contributed by atoms with Gasteiger partial charge in [-0.05, 0) is 11.6 Å². The average Bonchev–Trinajstić information content (AvgIpc) is 2.03. The fourth-order valence-electron chi connectivity index (χ4n) is 0.732. The Labute approximate surface area is 81.7 Å². The van der Waals surface area contributed by atoms with Gasteiger partial charge in [-0.15, -0.1) is 0 Å². The normalized spacial score (nSPS) is 9.33. The van der Waals surface area contributed by atoms with Crippen molar-refractivity contribution >= 4 is 12.0 Å². The molecule has 0 aliphatic heterocycles. The monoisotopic (exact) mass is 200 g/mol. The topological polar surface area (TPSA) is 37.3 Å². The van der Waals surface area contributed by atoms with Gasteiger partial charge in [-0.2, -0.15) is 0 Å². The van der Waals surface area contributed by atoms with Crippen molar-refractivity contribution in [1.29, 1.82) is 0 Å². The van der Waals surface area contributed by atoms with Crippen molar-refractivity contribution in [3.05, 3.63) is 42.0 Å². The van der Waals surface area contributed by atoms with Gasteiger partial charge in [0, 0.05) is 23.4 Å². The van der Waals surface area contributed by atoms with Gasteiger partial charge in [-0.1, -0.05) is 30.3 Å². The van der Waals surface area contributed by atoms with Crippen LogP contribution in [0.5, 0.6) is 0 Å². The van der Waals surface area contributed by atoms with Crippen LogP contribution >= 0.6 is 0 Å². The molecule has 0 aromatic heterocycles. The average molecular weight is 200 g/mol. The van der Waals surface area contributed by atoms with Gasteiger partial charge in [0.15, 0.2) is 0 Å². The Morgan fingerprint density at radius 1 is 1.25 bits per heavy atom. The van der Waals surface area contributed by atoms with Gasteiger partial charge in [0.1, 0.15) is 0 Å². The van der Waals surface area contributed by atoms with Crippen LogP contribution in [-0.2, 0) is 22.2 Å². The maximum Gasteiger partial charge on any atom is 0.328 e. The van der Waals surface area contributed by atoms with E-state index in [9.17, 15) is 4.79 Å². The Bertz CT molecular complexity index is 267. The first kappa shape index (κ1) is 11.0. The molecule has 12 heavy (non-hydrogen) atoms. The molecule has 0 spiro atoms. The van der Waals surface area contributed by atoms with Crippen molar-refractivity contribution in [3.8, 4) is 0 Å². The molecule has 0 fully saturated rings. The molecule has 62 valence electrons. The van der Waals surface area contributed by atoms with Gasteiger partial charge in [-0.25, -0.2) is 4.79 Å². The number of hydrogen-bond acceptors (Lipinski definition) is 1. The number of hydrogen-bond donors (Lipinski definition) is 1. The molecule has 2 nitrogen and oxygen atoms in total. The summed E-state index contributed by atoms with van der Waals surface area (Å²) in [7, 11) is 0. The Morgan fingerprint density at radius 3 is 2.33 bits per heavy atom. The standard InChI is InChI=1S/C9H8O2.Cr/c10-9(11)7-6-8-4-2-1-3-5-8;/h1-7H,(H,10,11);/b7-6+;. The molecule has 1 N–H and O–H groups in total. The van der Waals surface area contributed by atoms with E-state index in [4.69, 9.17) is 5.11 Å². The van der Waals surface area contributed by atoms with Gasteiger partial charge in [0.2, 0.25) is 0 Å². The van der Waals surface area contributed by atoms with Crippen molar-refractivity contribution in [2.24, 2.45) is 0 Å². The summed E-state index contributed by atoms with van der Waals surface area (Å²) in [4.78, 5) is 10.1. The van der Waals surface area contributed by atoms with Crippen molar-refractivity contribution in [2.45, 2.75) is 0 Å². The zero-order chi connectivity index (χ0) is 8.10. The minimum absolute atomic E-state index is 0. The van der Waals surface area contributed by atoms with E-state index in [2.05, 4.69) is 0 Å². The van der Waals surface area contributed by atoms with E-state index in [1.807, 2.05) is 30.3 Å². The third kappa shape index (κ3) is 3.97. The minimum atomic E-state index is -0.922. The number of carboxylic acids is 1. The molecular weight excluding hydrogens is 192 g/mol. The number of carbonyl (C=O) groups is 1. The minimum Gasteiger partial charge on any atom is -0.478 e. The molecule has 0 saturated heterocycles. The van der Waals surface area contributed by atoms with Crippen molar-refractivity contribution in [3.63, 3.8) is 0 Å². The third-order valence-electron chi connectivity index (χ3n) is 1.22. The van der Waals surface area contributed by atoms with Gasteiger partial charge in [0.25, 0.3) is 0 Å². The van der Waals surface area contributed by atoms with Crippen LogP contribution in [0.25, 0.3) is 6.08 Å². The predicted molar refractivity (Wildman–Crippen MR) is 43.1 cm³/mol. The second-order valence-corrected chi connectivity index (χ2v) is 2.08. The van der Waals surface area contributed by atoms with Crippen LogP contribution in [0, 0.1) is 0 Å². The molecule has 1 rings (SSSR count). The number of benzene rings is 1. The molecule has 0 heterocycles. The summed E-state index contributed by atoms with van der Waals surface area (Å²) in [5.74, 6) is -0.922. The van der Waals surface area contributed by atoms with Gasteiger partial charge in [0.05, 0.1) is 0 Å². The van der Waals surface area contributed by atoms with E-state index >= 15 is 0 Å². The molecule has 0 aliphatic carbocycles. The molecule has 1 aromatic rings. The van der Waals surface area contributed by atoms with Gasteiger partial charge in [-0.3, -0.25) is 0 Å². The summed E-state index contributed by atoms with van der Waals surface area (Å²) in [5.41, 5.74) is 0.898.